The summed E-state index contributed by atoms with van der Waals surface area (Å²) in [4.78, 5) is 38.8. The van der Waals surface area contributed by atoms with Gasteiger partial charge in [-0.05, 0) is 13.3 Å². The van der Waals surface area contributed by atoms with Gasteiger partial charge in [0.25, 0.3) is 0 Å². The zero-order chi connectivity index (χ0) is 15.2. The second kappa shape index (κ2) is 5.19. The molecule has 0 bridgehead atoms. The number of carbonyl (C=O) groups excluding carboxylic acids is 3. The molecule has 3 atom stereocenters. The summed E-state index contributed by atoms with van der Waals surface area (Å²) in [6.45, 7) is 2.90. The molecule has 0 N–H and O–H groups in total. The molecule has 3 aliphatic rings. The van der Waals surface area contributed by atoms with E-state index in [2.05, 4.69) is 0 Å². The van der Waals surface area contributed by atoms with E-state index in [1.165, 1.54) is 0 Å². The Morgan fingerprint density at radius 1 is 1.43 bits per heavy atom. The molecule has 3 heterocycles. The lowest BCUT2D eigenvalue weighted by atomic mass is 10.1. The molecule has 0 saturated carbocycles. The molecule has 0 radical (unpaired) electrons. The highest BCUT2D eigenvalue weighted by molar-refractivity contribution is 8.01. The molecule has 7 heteroatoms. The van der Waals surface area contributed by atoms with Crippen molar-refractivity contribution in [2.45, 2.75) is 37.1 Å². The summed E-state index contributed by atoms with van der Waals surface area (Å²) >= 11 is 1.66. The molecule has 3 fully saturated rings. The summed E-state index contributed by atoms with van der Waals surface area (Å²) in [6, 6.07) is -0.468. The van der Waals surface area contributed by atoms with E-state index in [4.69, 9.17) is 4.74 Å². The Bertz CT molecular complexity index is 497. The van der Waals surface area contributed by atoms with Crippen molar-refractivity contribution in [1.29, 1.82) is 0 Å². The molecule has 3 aliphatic heterocycles. The third-order valence-electron chi connectivity index (χ3n) is 4.60. The maximum Gasteiger partial charge on any atom is 0.329 e. The Kier molecular flexibility index (Phi) is 3.63. The van der Waals surface area contributed by atoms with Crippen LogP contribution in [0.1, 0.15) is 26.2 Å². The highest BCUT2D eigenvalue weighted by Gasteiger charge is 2.53. The Morgan fingerprint density at radius 3 is 2.86 bits per heavy atom. The molecule has 0 spiro atoms. The number of hydrogen-bond donors (Lipinski definition) is 0. The minimum Gasteiger partial charge on any atom is -0.464 e. The number of rotatable bonds is 3. The van der Waals surface area contributed by atoms with Crippen molar-refractivity contribution in [3.63, 3.8) is 0 Å². The average Bonchev–Trinajstić information content (AvgIpc) is 3.03. The number of esters is 1. The molecular weight excluding hydrogens is 292 g/mol. The van der Waals surface area contributed by atoms with Crippen LogP contribution in [0, 0.1) is 5.92 Å². The summed E-state index contributed by atoms with van der Waals surface area (Å²) in [5.74, 6) is 0.476. The van der Waals surface area contributed by atoms with Gasteiger partial charge < -0.3 is 14.5 Å². The zero-order valence-corrected chi connectivity index (χ0v) is 13.1. The predicted octanol–water partition coefficient (Wildman–Crippen LogP) is 0.462. The van der Waals surface area contributed by atoms with Gasteiger partial charge in [0.2, 0.25) is 11.8 Å². The fourth-order valence-corrected chi connectivity index (χ4v) is 4.78. The monoisotopic (exact) mass is 312 g/mol. The van der Waals surface area contributed by atoms with Gasteiger partial charge >= 0.3 is 5.97 Å². The Morgan fingerprint density at radius 2 is 2.19 bits per heavy atom. The van der Waals surface area contributed by atoms with Gasteiger partial charge in [0.15, 0.2) is 0 Å². The van der Waals surface area contributed by atoms with E-state index in [9.17, 15) is 14.4 Å². The fourth-order valence-electron chi connectivity index (χ4n) is 3.36. The number of hydrogen-bond acceptors (Lipinski definition) is 5. The van der Waals surface area contributed by atoms with Crippen LogP contribution in [0.15, 0.2) is 0 Å². The topological polar surface area (TPSA) is 66.9 Å². The van der Waals surface area contributed by atoms with Crippen LogP contribution in [0.4, 0.5) is 0 Å². The second-order valence-corrected chi connectivity index (χ2v) is 7.74. The first-order valence-electron chi connectivity index (χ1n) is 7.27. The van der Waals surface area contributed by atoms with Gasteiger partial charge in [-0.3, -0.25) is 9.59 Å². The molecule has 3 rings (SSSR count). The van der Waals surface area contributed by atoms with Crippen LogP contribution in [0.25, 0.3) is 0 Å². The highest BCUT2D eigenvalue weighted by atomic mass is 32.2. The second-order valence-electron chi connectivity index (χ2n) is 6.24. The molecule has 0 aromatic carbocycles. The first-order chi connectivity index (χ1) is 9.90. The van der Waals surface area contributed by atoms with Crippen LogP contribution >= 0.6 is 11.8 Å². The number of likely N-dealkylation sites (tertiary alicyclic amines) is 1. The van der Waals surface area contributed by atoms with E-state index in [1.807, 2.05) is 6.92 Å². The molecule has 6 nitrogen and oxygen atoms in total. The first-order valence-corrected chi connectivity index (χ1v) is 8.26. The van der Waals surface area contributed by atoms with Gasteiger partial charge in [0.1, 0.15) is 6.04 Å². The van der Waals surface area contributed by atoms with Crippen molar-refractivity contribution in [2.75, 3.05) is 26.0 Å². The van der Waals surface area contributed by atoms with Crippen LogP contribution in [0.5, 0.6) is 0 Å². The standard InChI is InChI=1S/C14H20N2O4S/c1-14-4-3-11(17)16(14)10(8-21-14)13(19)20-7-9-5-12(18)15(2)6-9/h9-10H,3-8H2,1-2H3/t9-,10-,14-/m1/s1. The summed E-state index contributed by atoms with van der Waals surface area (Å²) in [5.41, 5.74) is 0. The third kappa shape index (κ3) is 2.52. The van der Waals surface area contributed by atoms with Crippen molar-refractivity contribution < 1.29 is 19.1 Å². The number of thioether (sulfide) groups is 1. The minimum atomic E-state index is -0.468. The summed E-state index contributed by atoms with van der Waals surface area (Å²) in [6.07, 6.45) is 1.74. The van der Waals surface area contributed by atoms with Gasteiger partial charge in [0.05, 0.1) is 11.5 Å². The number of ether oxygens (including phenoxy) is 1. The van der Waals surface area contributed by atoms with Gasteiger partial charge in [-0.15, -0.1) is 11.8 Å². The summed E-state index contributed by atoms with van der Waals surface area (Å²) < 4.78 is 5.38. The lowest BCUT2D eigenvalue weighted by molar-refractivity contribution is -0.154. The van der Waals surface area contributed by atoms with Crippen molar-refractivity contribution in [1.82, 2.24) is 9.80 Å². The first kappa shape index (κ1) is 14.7. The van der Waals surface area contributed by atoms with Gasteiger partial charge in [0, 0.05) is 38.1 Å². The average molecular weight is 312 g/mol. The quantitative estimate of drug-likeness (QED) is 0.708. The van der Waals surface area contributed by atoms with Gasteiger partial charge in [-0.2, -0.15) is 0 Å². The number of fused-ring (bicyclic) bond motifs is 1. The zero-order valence-electron chi connectivity index (χ0n) is 12.3. The molecule has 2 amide bonds. The van der Waals surface area contributed by atoms with Crippen molar-refractivity contribution >= 4 is 29.5 Å². The normalized spacial score (nSPS) is 35.5. The van der Waals surface area contributed by atoms with Crippen LogP contribution in [0.2, 0.25) is 0 Å². The molecular formula is C14H20N2O4S. The molecule has 0 aromatic heterocycles. The Balaban J connectivity index is 1.57. The largest absolute Gasteiger partial charge is 0.464 e. The van der Waals surface area contributed by atoms with E-state index in [1.54, 1.807) is 28.6 Å². The fraction of sp³-hybridized carbons (Fsp3) is 0.786. The van der Waals surface area contributed by atoms with Crippen LogP contribution in [-0.4, -0.2) is 64.4 Å². The lowest BCUT2D eigenvalue weighted by Crippen LogP contribution is -2.46. The third-order valence-corrected chi connectivity index (χ3v) is 6.10. The van der Waals surface area contributed by atoms with Crippen molar-refractivity contribution in [2.24, 2.45) is 5.92 Å². The van der Waals surface area contributed by atoms with Gasteiger partial charge in [-0.1, -0.05) is 0 Å². The molecule has 21 heavy (non-hydrogen) atoms. The van der Waals surface area contributed by atoms with Gasteiger partial charge in [-0.25, -0.2) is 4.79 Å². The van der Waals surface area contributed by atoms with Crippen molar-refractivity contribution in [3.8, 4) is 0 Å². The summed E-state index contributed by atoms with van der Waals surface area (Å²) in [7, 11) is 1.76. The molecule has 0 aromatic rings. The van der Waals surface area contributed by atoms with E-state index in [0.29, 0.717) is 25.1 Å². The summed E-state index contributed by atoms with van der Waals surface area (Å²) in [5, 5.41) is 0. The SMILES string of the molecule is CN1C[C@H](COC(=O)[C@H]2CS[C@]3(C)CCC(=O)N23)CC1=O. The van der Waals surface area contributed by atoms with Crippen LogP contribution in [0.3, 0.4) is 0 Å². The van der Waals surface area contributed by atoms with E-state index >= 15 is 0 Å². The van der Waals surface area contributed by atoms with E-state index in [-0.39, 0.29) is 35.2 Å². The highest BCUT2D eigenvalue weighted by Crippen LogP contribution is 2.47. The molecule has 3 saturated heterocycles. The molecule has 116 valence electrons. The van der Waals surface area contributed by atoms with Crippen LogP contribution in [-0.2, 0) is 19.1 Å². The number of carbonyl (C=O) groups is 3. The Hall–Kier alpha value is -1.24. The Labute approximate surface area is 128 Å². The maximum atomic E-state index is 12.3. The van der Waals surface area contributed by atoms with E-state index < -0.39 is 6.04 Å². The lowest BCUT2D eigenvalue weighted by Gasteiger charge is -2.29. The predicted molar refractivity (Wildman–Crippen MR) is 77.4 cm³/mol. The van der Waals surface area contributed by atoms with E-state index in [0.717, 1.165) is 6.42 Å². The number of nitrogens with zero attached hydrogens (tertiary/aromatic N) is 2. The minimum absolute atomic E-state index is 0.0419. The smallest absolute Gasteiger partial charge is 0.329 e. The molecule has 0 unspecified atom stereocenters. The van der Waals surface area contributed by atoms with Crippen molar-refractivity contribution in [3.05, 3.63) is 0 Å². The maximum absolute atomic E-state index is 12.3. The molecule has 0 aliphatic carbocycles. The number of amides is 2. The van der Waals surface area contributed by atoms with Crippen LogP contribution < -0.4 is 0 Å².